The normalized spacial score (nSPS) is 22.3. The van der Waals surface area contributed by atoms with E-state index in [4.69, 9.17) is 4.74 Å². The molecule has 0 aromatic rings. The molecule has 0 aliphatic carbocycles. The van der Waals surface area contributed by atoms with E-state index in [0.29, 0.717) is 18.9 Å². The van der Waals surface area contributed by atoms with E-state index in [0.717, 1.165) is 19.6 Å². The molecule has 0 saturated carbocycles. The van der Waals surface area contributed by atoms with Gasteiger partial charge >= 0.3 is 0 Å². The summed E-state index contributed by atoms with van der Waals surface area (Å²) in [5.74, 6) is 0.478. The maximum absolute atomic E-state index is 11.8. The fourth-order valence-electron chi connectivity index (χ4n) is 2.05. The predicted octanol–water partition coefficient (Wildman–Crippen LogP) is 1.57. The van der Waals surface area contributed by atoms with Crippen molar-refractivity contribution in [3.8, 4) is 0 Å². The van der Waals surface area contributed by atoms with Gasteiger partial charge in [0.25, 0.3) is 0 Å². The predicted molar refractivity (Wildman–Crippen MR) is 60.9 cm³/mol. The van der Waals surface area contributed by atoms with Gasteiger partial charge in [-0.25, -0.2) is 0 Å². The van der Waals surface area contributed by atoms with Gasteiger partial charge in [0, 0.05) is 19.1 Å². The monoisotopic (exact) mass is 213 g/mol. The second-order valence-corrected chi connectivity index (χ2v) is 5.76. The molecule has 88 valence electrons. The van der Waals surface area contributed by atoms with E-state index in [1.807, 2.05) is 7.05 Å². The summed E-state index contributed by atoms with van der Waals surface area (Å²) in [7, 11) is 2.01. The van der Waals surface area contributed by atoms with Crippen LogP contribution in [0.1, 0.15) is 27.2 Å². The first-order valence-corrected chi connectivity index (χ1v) is 5.67. The van der Waals surface area contributed by atoms with Gasteiger partial charge in [-0.2, -0.15) is 0 Å². The Balaban J connectivity index is 2.30. The second kappa shape index (κ2) is 5.08. The number of carbonyl (C=O) groups is 1. The van der Waals surface area contributed by atoms with Crippen LogP contribution in [-0.4, -0.2) is 44.0 Å². The number of rotatable bonds is 4. The topological polar surface area (TPSA) is 29.5 Å². The quantitative estimate of drug-likeness (QED) is 0.710. The number of hydrogen-bond acceptors (Lipinski definition) is 3. The van der Waals surface area contributed by atoms with Crippen LogP contribution in [0.2, 0.25) is 0 Å². The fourth-order valence-corrected chi connectivity index (χ4v) is 2.05. The first-order valence-electron chi connectivity index (χ1n) is 5.67. The summed E-state index contributed by atoms with van der Waals surface area (Å²) in [5.41, 5.74) is 0.251. The highest BCUT2D eigenvalue weighted by Crippen LogP contribution is 2.16. The average molecular weight is 213 g/mol. The largest absolute Gasteiger partial charge is 0.381 e. The number of nitrogens with zero attached hydrogens (tertiary/aromatic N) is 1. The van der Waals surface area contributed by atoms with E-state index in [-0.39, 0.29) is 11.3 Å². The minimum Gasteiger partial charge on any atom is -0.381 e. The summed E-state index contributed by atoms with van der Waals surface area (Å²) in [6.07, 6.45) is 0.905. The smallest absolute Gasteiger partial charge is 0.152 e. The molecule has 0 bridgehead atoms. The lowest BCUT2D eigenvalue weighted by molar-refractivity contribution is -0.123. The summed E-state index contributed by atoms with van der Waals surface area (Å²) in [4.78, 5) is 13.9. The molecule has 0 aromatic heterocycles. The lowest BCUT2D eigenvalue weighted by atomic mass is 9.95. The van der Waals surface area contributed by atoms with Crippen molar-refractivity contribution in [1.29, 1.82) is 0 Å². The van der Waals surface area contributed by atoms with Crippen LogP contribution in [0.3, 0.4) is 0 Å². The van der Waals surface area contributed by atoms with Crippen LogP contribution < -0.4 is 0 Å². The molecule has 0 aromatic carbocycles. The van der Waals surface area contributed by atoms with Crippen LogP contribution in [0.25, 0.3) is 0 Å². The van der Waals surface area contributed by atoms with Crippen LogP contribution in [-0.2, 0) is 9.53 Å². The van der Waals surface area contributed by atoms with Crippen molar-refractivity contribution in [2.45, 2.75) is 27.2 Å². The summed E-state index contributed by atoms with van der Waals surface area (Å²) in [5, 5.41) is 0. The number of ketones is 1. The molecule has 1 rings (SSSR count). The molecule has 15 heavy (non-hydrogen) atoms. The highest BCUT2D eigenvalue weighted by molar-refractivity contribution is 5.83. The number of Topliss-reactive ketones (excluding diaryl/α,β-unsaturated/α-hetero) is 1. The zero-order valence-corrected chi connectivity index (χ0v) is 10.4. The molecule has 1 unspecified atom stereocenters. The van der Waals surface area contributed by atoms with Gasteiger partial charge in [-0.15, -0.1) is 0 Å². The molecule has 3 nitrogen and oxygen atoms in total. The van der Waals surface area contributed by atoms with Crippen molar-refractivity contribution in [3.63, 3.8) is 0 Å². The van der Waals surface area contributed by atoms with Crippen molar-refractivity contribution >= 4 is 5.78 Å². The van der Waals surface area contributed by atoms with Gasteiger partial charge in [-0.1, -0.05) is 20.8 Å². The first-order chi connectivity index (χ1) is 6.88. The lowest BCUT2D eigenvalue weighted by Crippen LogP contribution is -2.35. The molecule has 1 heterocycles. The van der Waals surface area contributed by atoms with Gasteiger partial charge in [0.2, 0.25) is 0 Å². The molecule has 1 aliphatic heterocycles. The van der Waals surface area contributed by atoms with Crippen LogP contribution in [0.4, 0.5) is 0 Å². The van der Waals surface area contributed by atoms with E-state index in [1.165, 1.54) is 0 Å². The Morgan fingerprint density at radius 2 is 2.13 bits per heavy atom. The summed E-state index contributed by atoms with van der Waals surface area (Å²) < 4.78 is 5.22. The molecule has 1 atom stereocenters. The lowest BCUT2D eigenvalue weighted by Gasteiger charge is -2.26. The van der Waals surface area contributed by atoms with Gasteiger partial charge in [0.05, 0.1) is 13.2 Å². The Morgan fingerprint density at radius 1 is 1.47 bits per heavy atom. The summed E-state index contributed by atoms with van der Waals surface area (Å²) in [6.45, 7) is 9.45. The molecule has 0 amide bonds. The van der Waals surface area contributed by atoms with E-state index >= 15 is 0 Å². The highest BCUT2D eigenvalue weighted by Gasteiger charge is 2.25. The Morgan fingerprint density at radius 3 is 2.60 bits per heavy atom. The van der Waals surface area contributed by atoms with E-state index in [2.05, 4.69) is 25.7 Å². The van der Waals surface area contributed by atoms with Gasteiger partial charge in [0.15, 0.2) is 5.78 Å². The number of likely N-dealkylation sites (N-methyl/N-ethyl adjacent to an activating group) is 1. The summed E-state index contributed by atoms with van der Waals surface area (Å²) in [6, 6.07) is 0. The number of ether oxygens (including phenoxy) is 1. The Hall–Kier alpha value is -0.410. The molecule has 0 radical (unpaired) electrons. The standard InChI is InChI=1S/C12H23NO2/c1-12(2,3)9-13(4)7-11(14)10-5-6-15-8-10/h10H,5-9H2,1-4H3. The number of hydrogen-bond donors (Lipinski definition) is 0. The summed E-state index contributed by atoms with van der Waals surface area (Å²) >= 11 is 0. The van der Waals surface area contributed by atoms with E-state index in [9.17, 15) is 4.79 Å². The fraction of sp³-hybridized carbons (Fsp3) is 0.917. The Kier molecular flexibility index (Phi) is 4.29. The SMILES string of the molecule is CN(CC(=O)C1CCOC1)CC(C)(C)C. The maximum atomic E-state index is 11.8. The zero-order valence-electron chi connectivity index (χ0n) is 10.4. The highest BCUT2D eigenvalue weighted by atomic mass is 16.5. The molecular weight excluding hydrogens is 190 g/mol. The van der Waals surface area contributed by atoms with Crippen molar-refractivity contribution in [3.05, 3.63) is 0 Å². The zero-order chi connectivity index (χ0) is 11.5. The molecule has 1 saturated heterocycles. The van der Waals surface area contributed by atoms with Crippen LogP contribution in [0.15, 0.2) is 0 Å². The van der Waals surface area contributed by atoms with Crippen molar-refractivity contribution in [2.75, 3.05) is 33.4 Å². The van der Waals surface area contributed by atoms with Crippen LogP contribution in [0, 0.1) is 11.3 Å². The third kappa shape index (κ3) is 4.76. The second-order valence-electron chi connectivity index (χ2n) is 5.76. The van der Waals surface area contributed by atoms with Crippen molar-refractivity contribution < 1.29 is 9.53 Å². The third-order valence-electron chi connectivity index (χ3n) is 2.56. The molecule has 1 aliphatic rings. The minimum atomic E-state index is 0.146. The van der Waals surface area contributed by atoms with Gasteiger partial charge in [-0.05, 0) is 18.9 Å². The van der Waals surface area contributed by atoms with Crippen molar-refractivity contribution in [2.24, 2.45) is 11.3 Å². The first kappa shape index (κ1) is 12.7. The van der Waals surface area contributed by atoms with Crippen molar-refractivity contribution in [1.82, 2.24) is 4.90 Å². The average Bonchev–Trinajstić information content (AvgIpc) is 2.50. The van der Waals surface area contributed by atoms with Gasteiger partial charge < -0.3 is 4.74 Å². The van der Waals surface area contributed by atoms with Gasteiger partial charge in [-0.3, -0.25) is 9.69 Å². The minimum absolute atomic E-state index is 0.146. The number of carbonyl (C=O) groups excluding carboxylic acids is 1. The molecule has 0 N–H and O–H groups in total. The van der Waals surface area contributed by atoms with E-state index < -0.39 is 0 Å². The van der Waals surface area contributed by atoms with Gasteiger partial charge in [0.1, 0.15) is 0 Å². The van der Waals surface area contributed by atoms with Crippen LogP contribution >= 0.6 is 0 Å². The Bertz CT molecular complexity index is 214. The van der Waals surface area contributed by atoms with E-state index in [1.54, 1.807) is 0 Å². The Labute approximate surface area is 92.8 Å². The molecule has 3 heteroatoms. The third-order valence-corrected chi connectivity index (χ3v) is 2.56. The molecule has 0 spiro atoms. The van der Waals surface area contributed by atoms with Crippen LogP contribution in [0.5, 0.6) is 0 Å². The molecule has 1 fully saturated rings. The molecular formula is C12H23NO2. The maximum Gasteiger partial charge on any atom is 0.152 e.